The Morgan fingerprint density at radius 1 is 0.800 bits per heavy atom. The van der Waals surface area contributed by atoms with E-state index in [1.165, 1.54) is 12.5 Å². The number of aromatic amines is 1. The fourth-order valence-corrected chi connectivity index (χ4v) is 6.93. The highest BCUT2D eigenvalue weighted by atomic mass is 16.2. The van der Waals surface area contributed by atoms with Gasteiger partial charge in [0.2, 0.25) is 29.5 Å². The third-order valence-corrected chi connectivity index (χ3v) is 10.1. The van der Waals surface area contributed by atoms with Gasteiger partial charge in [-0.3, -0.25) is 33.8 Å². The second-order valence-corrected chi connectivity index (χ2v) is 14.7. The lowest BCUT2D eigenvalue weighted by Gasteiger charge is -2.31. The van der Waals surface area contributed by atoms with Gasteiger partial charge < -0.3 is 54.1 Å². The number of aliphatic imine (C=N–C) groups is 1. The van der Waals surface area contributed by atoms with Crippen LogP contribution in [-0.4, -0.2) is 94.2 Å². The molecule has 0 bridgehead atoms. The highest BCUT2D eigenvalue weighted by Gasteiger charge is 2.39. The van der Waals surface area contributed by atoms with Crippen molar-refractivity contribution in [3.05, 3.63) is 126 Å². The number of amides is 6. The van der Waals surface area contributed by atoms with Gasteiger partial charge in [-0.25, -0.2) is 4.98 Å². The smallest absolute Gasteiger partial charge is 0.251 e. The van der Waals surface area contributed by atoms with E-state index in [9.17, 15) is 28.8 Å². The minimum absolute atomic E-state index is 0.00575. The monoisotopic (exact) mass is 820 g/mol. The van der Waals surface area contributed by atoms with Gasteiger partial charge in [0.25, 0.3) is 5.91 Å². The minimum Gasteiger partial charge on any atom is -0.381 e. The Labute approximate surface area is 347 Å². The highest BCUT2D eigenvalue weighted by molar-refractivity contribution is 5.98. The second kappa shape index (κ2) is 21.0. The fraction of sp³-hybridized carbons (Fsp3) is 0.333. The van der Waals surface area contributed by atoms with Crippen molar-refractivity contribution in [2.75, 3.05) is 13.1 Å². The molecule has 316 valence electrons. The van der Waals surface area contributed by atoms with Crippen LogP contribution in [0.4, 0.5) is 0 Å². The summed E-state index contributed by atoms with van der Waals surface area (Å²) in [5.74, 6) is -4.25. The number of rotatable bonds is 21. The van der Waals surface area contributed by atoms with E-state index in [1.807, 2.05) is 37.4 Å². The molecule has 60 heavy (non-hydrogen) atoms. The number of benzene rings is 2. The Morgan fingerprint density at radius 3 is 2.12 bits per heavy atom. The highest BCUT2D eigenvalue weighted by Crippen LogP contribution is 2.37. The number of nitrogens with two attached hydrogens (primary N) is 3. The molecule has 0 fully saturated rings. The number of guanidine groups is 1. The molecular weight excluding hydrogens is 769 g/mol. The number of nitrogens with zero attached hydrogens (tertiary/aromatic N) is 2. The molecule has 0 spiro atoms. The SMILES string of the molecule is CC12C=CC=CC1C(C[C@H](NC(=O)[C@H](CCCN=C(N)N)NC(=O)[C@@H](Cc1ccccc1)NC(=O)[C@H](Cc1cnc[nH]1)NC(=O)CNC(=O)c1ccccc1)C(N)=O)=CN2. The van der Waals surface area contributed by atoms with E-state index in [2.05, 4.69) is 46.9 Å². The molecule has 18 heteroatoms. The summed E-state index contributed by atoms with van der Waals surface area (Å²) in [5, 5.41) is 16.8. The molecule has 1 aliphatic carbocycles. The van der Waals surface area contributed by atoms with Gasteiger partial charge in [0.05, 0.1) is 18.4 Å². The van der Waals surface area contributed by atoms with Crippen LogP contribution in [-0.2, 0) is 36.8 Å². The first-order chi connectivity index (χ1) is 28.8. The lowest BCUT2D eigenvalue weighted by molar-refractivity contribution is -0.134. The van der Waals surface area contributed by atoms with Crippen LogP contribution in [0.25, 0.3) is 0 Å². The van der Waals surface area contributed by atoms with Gasteiger partial charge in [-0.1, -0.05) is 72.8 Å². The van der Waals surface area contributed by atoms with E-state index in [4.69, 9.17) is 17.2 Å². The Bertz CT molecular complexity index is 2100. The maximum Gasteiger partial charge on any atom is 0.251 e. The Hall–Kier alpha value is -7.24. The first-order valence-corrected chi connectivity index (χ1v) is 19.5. The largest absolute Gasteiger partial charge is 0.381 e. The molecule has 1 aliphatic heterocycles. The Morgan fingerprint density at radius 2 is 1.45 bits per heavy atom. The van der Waals surface area contributed by atoms with Crippen LogP contribution in [0, 0.1) is 5.92 Å². The van der Waals surface area contributed by atoms with Crippen molar-refractivity contribution in [3.63, 3.8) is 0 Å². The van der Waals surface area contributed by atoms with Gasteiger partial charge in [0.1, 0.15) is 24.2 Å². The van der Waals surface area contributed by atoms with Gasteiger partial charge in [0, 0.05) is 42.8 Å². The number of fused-ring (bicyclic) bond motifs is 1. The molecule has 2 heterocycles. The van der Waals surface area contributed by atoms with E-state index >= 15 is 0 Å². The van der Waals surface area contributed by atoms with Crippen molar-refractivity contribution in [1.29, 1.82) is 0 Å². The summed E-state index contributed by atoms with van der Waals surface area (Å²) in [6.07, 6.45) is 13.0. The Kier molecular flexibility index (Phi) is 15.3. The molecule has 6 amide bonds. The van der Waals surface area contributed by atoms with Gasteiger partial charge in [0.15, 0.2) is 5.96 Å². The molecular formula is C42H52N12O6. The van der Waals surface area contributed by atoms with Crippen LogP contribution in [0.3, 0.4) is 0 Å². The topological polar surface area (TPSA) is 294 Å². The molecule has 6 atom stereocenters. The summed E-state index contributed by atoms with van der Waals surface area (Å²) in [6.45, 7) is 1.73. The van der Waals surface area contributed by atoms with Crippen molar-refractivity contribution in [2.45, 2.75) is 68.7 Å². The molecule has 0 saturated carbocycles. The van der Waals surface area contributed by atoms with Crippen LogP contribution in [0.5, 0.6) is 0 Å². The summed E-state index contributed by atoms with van der Waals surface area (Å²) < 4.78 is 0. The number of H-pyrrole nitrogens is 1. The number of hydrogen-bond donors (Lipinski definition) is 10. The number of aromatic nitrogens is 2. The number of carbonyl (C=O) groups excluding carboxylic acids is 6. The Balaban J connectivity index is 1.33. The molecule has 1 aromatic heterocycles. The van der Waals surface area contributed by atoms with Crippen LogP contribution in [0.2, 0.25) is 0 Å². The van der Waals surface area contributed by atoms with Crippen LogP contribution in [0.1, 0.15) is 47.8 Å². The minimum atomic E-state index is -1.25. The van der Waals surface area contributed by atoms with Gasteiger partial charge in [-0.05, 0) is 55.7 Å². The number of imidazole rings is 1. The zero-order chi connectivity index (χ0) is 43.1. The number of allylic oxidation sites excluding steroid dienone is 2. The van der Waals surface area contributed by atoms with E-state index in [1.54, 1.807) is 60.7 Å². The number of hydrogen-bond acceptors (Lipinski definition) is 9. The molecule has 3 aromatic rings. The quantitative estimate of drug-likeness (QED) is 0.0373. The zero-order valence-electron chi connectivity index (χ0n) is 33.2. The summed E-state index contributed by atoms with van der Waals surface area (Å²) in [7, 11) is 0. The molecule has 18 nitrogen and oxygen atoms in total. The maximum atomic E-state index is 14.3. The lowest BCUT2D eigenvalue weighted by Crippen LogP contribution is -2.59. The van der Waals surface area contributed by atoms with E-state index in [0.29, 0.717) is 16.8 Å². The van der Waals surface area contributed by atoms with E-state index in [0.717, 1.165) is 5.57 Å². The molecule has 2 unspecified atom stereocenters. The van der Waals surface area contributed by atoms with Crippen molar-refractivity contribution in [2.24, 2.45) is 28.1 Å². The van der Waals surface area contributed by atoms with Gasteiger partial charge in [-0.15, -0.1) is 0 Å². The average Bonchev–Trinajstić information content (AvgIpc) is 3.87. The average molecular weight is 821 g/mol. The predicted molar refractivity (Wildman–Crippen MR) is 224 cm³/mol. The first-order valence-electron chi connectivity index (χ1n) is 19.5. The molecule has 5 rings (SSSR count). The number of primary amides is 1. The molecule has 13 N–H and O–H groups in total. The van der Waals surface area contributed by atoms with Crippen molar-refractivity contribution in [1.82, 2.24) is 41.9 Å². The third-order valence-electron chi connectivity index (χ3n) is 10.1. The summed E-state index contributed by atoms with van der Waals surface area (Å²) in [4.78, 5) is 91.7. The van der Waals surface area contributed by atoms with Crippen LogP contribution < -0.4 is 49.1 Å². The van der Waals surface area contributed by atoms with Gasteiger partial charge in [-0.2, -0.15) is 0 Å². The summed E-state index contributed by atoms with van der Waals surface area (Å²) in [6, 6.07) is 12.4. The second-order valence-electron chi connectivity index (χ2n) is 14.7. The van der Waals surface area contributed by atoms with E-state index in [-0.39, 0.29) is 50.5 Å². The van der Waals surface area contributed by atoms with Crippen LogP contribution >= 0.6 is 0 Å². The predicted octanol–water partition coefficient (Wildman–Crippen LogP) is -0.519. The number of nitrogens with one attached hydrogen (secondary N) is 7. The van der Waals surface area contributed by atoms with Gasteiger partial charge >= 0.3 is 0 Å². The molecule has 0 radical (unpaired) electrons. The standard InChI is InChI=1S/C42H52N12O6/c1-42-17-9-8-15-30(42)28(22-50-42)20-32(36(43)56)53-38(58)31(16-10-18-47-41(44)45)52-39(59)33(19-26-11-4-2-5-12-26)54-40(60)34(21-29-23-46-25-49-29)51-35(55)24-48-37(57)27-13-6-3-7-14-27/h2-9,11-15,17,22-23,25,30-34,50H,10,16,18-21,24H2,1H3,(H2,43,56)(H,46,49)(H,48,57)(H,51,55)(H,52,59)(H,53,58)(H,54,60)(H4,44,45,47)/t30?,31-,32-,33+,34-,42?/m0/s1. The summed E-state index contributed by atoms with van der Waals surface area (Å²) >= 11 is 0. The third kappa shape index (κ3) is 12.6. The maximum absolute atomic E-state index is 14.3. The molecule has 0 saturated heterocycles. The van der Waals surface area contributed by atoms with E-state index < -0.39 is 71.7 Å². The molecule has 2 aliphatic rings. The zero-order valence-corrected chi connectivity index (χ0v) is 33.2. The lowest BCUT2D eigenvalue weighted by atomic mass is 9.79. The van der Waals surface area contributed by atoms with Crippen molar-refractivity contribution in [3.8, 4) is 0 Å². The molecule has 2 aromatic carbocycles. The summed E-state index contributed by atoms with van der Waals surface area (Å²) in [5.41, 5.74) is 18.9. The first kappa shape index (κ1) is 43.9. The fourth-order valence-electron chi connectivity index (χ4n) is 6.93. The van der Waals surface area contributed by atoms with Crippen LogP contribution in [0.15, 0.2) is 114 Å². The van der Waals surface area contributed by atoms with Crippen molar-refractivity contribution < 1.29 is 28.8 Å². The number of carbonyl (C=O) groups is 6. The van der Waals surface area contributed by atoms with Crippen molar-refractivity contribution >= 4 is 41.4 Å². The normalized spacial score (nSPS) is 18.2.